The van der Waals surface area contributed by atoms with Gasteiger partial charge in [0.15, 0.2) is 6.29 Å². The number of nitriles is 1. The van der Waals surface area contributed by atoms with Crippen LogP contribution < -0.4 is 4.74 Å². The molecule has 1 aliphatic rings. The van der Waals surface area contributed by atoms with Crippen molar-refractivity contribution in [3.05, 3.63) is 29.3 Å². The third kappa shape index (κ3) is 1.48. The monoisotopic (exact) mass is 201 g/mol. The SMILES string of the molecule is COc1ccc(C2(C#N)CC2)cc1C=O. The first kappa shape index (κ1) is 9.72. The summed E-state index contributed by atoms with van der Waals surface area (Å²) in [5.74, 6) is 0.558. The van der Waals surface area contributed by atoms with Crippen LogP contribution in [0, 0.1) is 11.3 Å². The van der Waals surface area contributed by atoms with E-state index in [-0.39, 0.29) is 5.41 Å². The maximum absolute atomic E-state index is 10.8. The molecule has 0 aromatic heterocycles. The molecule has 0 heterocycles. The van der Waals surface area contributed by atoms with Crippen LogP contribution in [0.5, 0.6) is 5.75 Å². The van der Waals surface area contributed by atoms with Crippen LogP contribution >= 0.6 is 0 Å². The van der Waals surface area contributed by atoms with E-state index >= 15 is 0 Å². The summed E-state index contributed by atoms with van der Waals surface area (Å²) in [7, 11) is 1.53. The van der Waals surface area contributed by atoms with E-state index in [1.165, 1.54) is 7.11 Å². The fourth-order valence-corrected chi connectivity index (χ4v) is 1.71. The van der Waals surface area contributed by atoms with Gasteiger partial charge in [-0.1, -0.05) is 6.07 Å². The fourth-order valence-electron chi connectivity index (χ4n) is 1.71. The molecule has 0 atom stereocenters. The van der Waals surface area contributed by atoms with Gasteiger partial charge in [-0.15, -0.1) is 0 Å². The maximum Gasteiger partial charge on any atom is 0.153 e. The predicted molar refractivity (Wildman–Crippen MR) is 54.9 cm³/mol. The molecular weight excluding hydrogens is 190 g/mol. The normalized spacial score (nSPS) is 16.5. The Morgan fingerprint density at radius 1 is 1.53 bits per heavy atom. The molecule has 2 rings (SSSR count). The number of benzene rings is 1. The van der Waals surface area contributed by atoms with Gasteiger partial charge in [0.05, 0.1) is 24.2 Å². The number of hydrogen-bond acceptors (Lipinski definition) is 3. The number of rotatable bonds is 3. The van der Waals surface area contributed by atoms with E-state index in [0.717, 1.165) is 24.7 Å². The number of carbonyl (C=O) groups excluding carboxylic acids is 1. The lowest BCUT2D eigenvalue weighted by Crippen LogP contribution is -2.03. The van der Waals surface area contributed by atoms with E-state index in [9.17, 15) is 4.79 Å². The van der Waals surface area contributed by atoms with Gasteiger partial charge in [0.2, 0.25) is 0 Å². The van der Waals surface area contributed by atoms with Gasteiger partial charge in [0, 0.05) is 0 Å². The van der Waals surface area contributed by atoms with Crippen LogP contribution in [0.3, 0.4) is 0 Å². The summed E-state index contributed by atoms with van der Waals surface area (Å²) < 4.78 is 5.04. The van der Waals surface area contributed by atoms with Gasteiger partial charge in [-0.3, -0.25) is 4.79 Å². The van der Waals surface area contributed by atoms with Crippen LogP contribution in [0.1, 0.15) is 28.8 Å². The molecule has 0 amide bonds. The Morgan fingerprint density at radius 3 is 2.73 bits per heavy atom. The standard InChI is InChI=1S/C12H11NO2/c1-15-11-3-2-10(6-9(11)7-14)12(8-13)4-5-12/h2-3,6-7H,4-5H2,1H3. The van der Waals surface area contributed by atoms with Crippen molar-refractivity contribution < 1.29 is 9.53 Å². The summed E-state index contributed by atoms with van der Waals surface area (Å²) in [6, 6.07) is 7.66. The average molecular weight is 201 g/mol. The zero-order valence-electron chi connectivity index (χ0n) is 8.49. The smallest absolute Gasteiger partial charge is 0.153 e. The van der Waals surface area contributed by atoms with E-state index in [2.05, 4.69) is 6.07 Å². The summed E-state index contributed by atoms with van der Waals surface area (Å²) in [5.41, 5.74) is 1.09. The number of carbonyl (C=O) groups is 1. The summed E-state index contributed by atoms with van der Waals surface area (Å²) in [6.45, 7) is 0. The fraction of sp³-hybridized carbons (Fsp3) is 0.333. The highest BCUT2D eigenvalue weighted by Gasteiger charge is 2.45. The van der Waals surface area contributed by atoms with Crippen molar-refractivity contribution in [2.75, 3.05) is 7.11 Å². The first-order valence-electron chi connectivity index (χ1n) is 4.81. The molecule has 1 aromatic carbocycles. The van der Waals surface area contributed by atoms with Gasteiger partial charge >= 0.3 is 0 Å². The van der Waals surface area contributed by atoms with E-state index in [1.807, 2.05) is 6.07 Å². The van der Waals surface area contributed by atoms with Gasteiger partial charge in [-0.05, 0) is 30.5 Å². The molecule has 1 fully saturated rings. The van der Waals surface area contributed by atoms with E-state index in [0.29, 0.717) is 11.3 Å². The van der Waals surface area contributed by atoms with Gasteiger partial charge in [-0.2, -0.15) is 5.26 Å². The molecule has 0 radical (unpaired) electrons. The molecule has 3 heteroatoms. The highest BCUT2D eigenvalue weighted by atomic mass is 16.5. The predicted octanol–water partition coefficient (Wildman–Crippen LogP) is 2.06. The van der Waals surface area contributed by atoms with Crippen LogP contribution in [0.4, 0.5) is 0 Å². The molecule has 0 saturated heterocycles. The van der Waals surface area contributed by atoms with Gasteiger partial charge < -0.3 is 4.74 Å². The molecular formula is C12H11NO2. The van der Waals surface area contributed by atoms with Crippen molar-refractivity contribution in [2.45, 2.75) is 18.3 Å². The molecule has 0 bridgehead atoms. The Hall–Kier alpha value is -1.82. The number of nitrogens with zero attached hydrogens (tertiary/aromatic N) is 1. The third-order valence-electron chi connectivity index (χ3n) is 2.87. The minimum absolute atomic E-state index is 0.343. The summed E-state index contributed by atoms with van der Waals surface area (Å²) >= 11 is 0. The van der Waals surface area contributed by atoms with Crippen molar-refractivity contribution in [3.63, 3.8) is 0 Å². The van der Waals surface area contributed by atoms with Crippen molar-refractivity contribution >= 4 is 6.29 Å². The van der Waals surface area contributed by atoms with Crippen LogP contribution in [0.2, 0.25) is 0 Å². The molecule has 1 saturated carbocycles. The molecule has 0 spiro atoms. The minimum Gasteiger partial charge on any atom is -0.496 e. The van der Waals surface area contributed by atoms with Crippen LogP contribution in [0.25, 0.3) is 0 Å². The molecule has 0 unspecified atom stereocenters. The van der Waals surface area contributed by atoms with Gasteiger partial charge in [-0.25, -0.2) is 0 Å². The largest absolute Gasteiger partial charge is 0.496 e. The highest BCUT2D eigenvalue weighted by Crippen LogP contribution is 2.48. The molecule has 76 valence electrons. The average Bonchev–Trinajstić information content (AvgIpc) is 3.09. The van der Waals surface area contributed by atoms with E-state index < -0.39 is 0 Å². The first-order valence-corrected chi connectivity index (χ1v) is 4.81. The number of methoxy groups -OCH3 is 1. The quantitative estimate of drug-likeness (QED) is 0.703. The van der Waals surface area contributed by atoms with Crippen LogP contribution in [0.15, 0.2) is 18.2 Å². The van der Waals surface area contributed by atoms with Crippen molar-refractivity contribution in [1.29, 1.82) is 5.26 Å². The van der Waals surface area contributed by atoms with Crippen molar-refractivity contribution in [1.82, 2.24) is 0 Å². The minimum atomic E-state index is -0.343. The Morgan fingerprint density at radius 2 is 2.27 bits per heavy atom. The lowest BCUT2D eigenvalue weighted by molar-refractivity contribution is 0.112. The lowest BCUT2D eigenvalue weighted by Gasteiger charge is -2.09. The first-order chi connectivity index (χ1) is 7.25. The number of hydrogen-bond donors (Lipinski definition) is 0. The molecule has 0 aliphatic heterocycles. The molecule has 1 aromatic rings. The lowest BCUT2D eigenvalue weighted by atomic mass is 9.96. The Kier molecular flexibility index (Phi) is 2.20. The zero-order valence-corrected chi connectivity index (χ0v) is 8.49. The van der Waals surface area contributed by atoms with Crippen LogP contribution in [-0.4, -0.2) is 13.4 Å². The van der Waals surface area contributed by atoms with Gasteiger partial charge in [0.25, 0.3) is 0 Å². The summed E-state index contributed by atoms with van der Waals surface area (Å²) in [4.78, 5) is 10.8. The topological polar surface area (TPSA) is 50.1 Å². The summed E-state index contributed by atoms with van der Waals surface area (Å²) in [6.07, 6.45) is 2.53. The number of aldehydes is 1. The molecule has 1 aliphatic carbocycles. The highest BCUT2D eigenvalue weighted by molar-refractivity contribution is 5.80. The van der Waals surface area contributed by atoms with E-state index in [4.69, 9.17) is 10.00 Å². The number of ether oxygens (including phenoxy) is 1. The van der Waals surface area contributed by atoms with Crippen LogP contribution in [-0.2, 0) is 5.41 Å². The second kappa shape index (κ2) is 3.39. The third-order valence-corrected chi connectivity index (χ3v) is 2.87. The second-order valence-corrected chi connectivity index (χ2v) is 3.77. The molecule has 3 nitrogen and oxygen atoms in total. The maximum atomic E-state index is 10.8. The molecule has 0 N–H and O–H groups in total. The van der Waals surface area contributed by atoms with E-state index in [1.54, 1.807) is 12.1 Å². The Balaban J connectivity index is 2.45. The van der Waals surface area contributed by atoms with Gasteiger partial charge in [0.1, 0.15) is 5.75 Å². The molecule has 15 heavy (non-hydrogen) atoms. The van der Waals surface area contributed by atoms with Crippen molar-refractivity contribution in [2.24, 2.45) is 0 Å². The summed E-state index contributed by atoms with van der Waals surface area (Å²) in [5, 5.41) is 9.03. The Labute approximate surface area is 88.3 Å². The Bertz CT molecular complexity index is 441. The second-order valence-electron chi connectivity index (χ2n) is 3.77. The zero-order chi connectivity index (χ0) is 10.9. The van der Waals surface area contributed by atoms with Crippen molar-refractivity contribution in [3.8, 4) is 11.8 Å².